The Morgan fingerprint density at radius 1 is 0.316 bits per heavy atom. The zero-order chi connectivity index (χ0) is 70.7. The zero-order valence-electron chi connectivity index (χ0n) is 62.0. The van der Waals surface area contributed by atoms with Gasteiger partial charge in [0, 0.05) is 36.3 Å². The molecule has 0 aliphatic rings. The molecule has 0 aromatic heterocycles. The van der Waals surface area contributed by atoms with Gasteiger partial charge in [0.1, 0.15) is 0 Å². The van der Waals surface area contributed by atoms with Crippen LogP contribution < -0.4 is 84.1 Å². The Morgan fingerprint density at radius 2 is 0.495 bits per heavy atom. The van der Waals surface area contributed by atoms with Gasteiger partial charge in [0.05, 0.1) is 24.4 Å². The fraction of sp³-hybridized carbons (Fsp3) is 0.892. The van der Waals surface area contributed by atoms with Gasteiger partial charge in [0.2, 0.25) is 0 Å². The molecule has 0 spiro atoms. The standard InChI is InChI=1S/3C18H36O2.C12H23O.2C4H7NO4.ClH.Na.Ti.Zn/c3*1-17(2)15-13-11-9-7-5-3-4-6-8-10-12-14-16-18(19)20;1-2-3-4-5-6-7-8-9-10-11-12-13;2*5-2(4(8)9)1-3(6)7;;;;/h3*17H,3-16H2,1-2H3,(H,19,20);2-11H2,1H3;2*2H,1,5H2,(H,6,7)(H,8,9);1H;;;/q;;;;;;;+1;+4;+2/p-7/t;;;;2*2-;;;;/m....00..../s1. The number of unbranched alkanes of at least 4 members (excludes halogenated alkanes) is 41. The average Bonchev–Trinajstić information content (AvgIpc) is 3.14. The molecule has 0 amide bonds. The zero-order valence-corrected chi connectivity index (χ0v) is 69.3. The minimum atomic E-state index is -1.58. The molecule has 17 nitrogen and oxygen atoms in total. The molecule has 0 saturated carbocycles. The Bertz CT molecular complexity index is 1530. The van der Waals surface area contributed by atoms with E-state index in [9.17, 15) is 69.0 Å². The topological polar surface area (TPSA) is 347 Å². The van der Waals surface area contributed by atoms with Crippen LogP contribution in [0.3, 0.4) is 0 Å². The number of carboxylic acid groups (broad SMARTS) is 7. The first-order valence-corrected chi connectivity index (χ1v) is 38.5. The Labute approximate surface area is 633 Å². The van der Waals surface area contributed by atoms with Crippen molar-refractivity contribution in [3.8, 4) is 0 Å². The number of hydrogen-bond acceptors (Lipinski definition) is 16. The van der Waals surface area contributed by atoms with Gasteiger partial charge in [-0.3, -0.25) is 4.79 Å². The minimum Gasteiger partial charge on any atom is -1.00 e. The van der Waals surface area contributed by atoms with Crippen LogP contribution in [0.15, 0.2) is 0 Å². The largest absolute Gasteiger partial charge is 4.00 e. The summed E-state index contributed by atoms with van der Waals surface area (Å²) in [6.07, 6.45) is 62.6. The van der Waals surface area contributed by atoms with Gasteiger partial charge in [-0.15, -0.1) is 0 Å². The normalized spacial score (nSPS) is 11.0. The third-order valence-electron chi connectivity index (χ3n) is 15.7. The number of rotatable bonds is 61. The molecule has 95 heavy (non-hydrogen) atoms. The summed E-state index contributed by atoms with van der Waals surface area (Å²) >= 11 is 0.844. The first-order valence-electron chi connectivity index (χ1n) is 37.0. The summed E-state index contributed by atoms with van der Waals surface area (Å²) in [5.41, 5.74) is 9.51. The molecule has 0 fully saturated rings. The van der Waals surface area contributed by atoms with E-state index in [1.807, 2.05) is 0 Å². The van der Waals surface area contributed by atoms with Gasteiger partial charge in [0.25, 0.3) is 0 Å². The molecule has 0 saturated heterocycles. The fourth-order valence-corrected chi connectivity index (χ4v) is 10.5. The molecule has 0 bridgehead atoms. The molecule has 21 heteroatoms. The van der Waals surface area contributed by atoms with Crippen molar-refractivity contribution >= 4 is 46.2 Å². The Balaban J connectivity index is -0.000000136. The molecule has 0 heterocycles. The molecular formula is C74H139ClN2NaO15TiZn. The molecule has 0 unspecified atom stereocenters. The van der Waals surface area contributed by atoms with Crippen LogP contribution in [-0.4, -0.2) is 63.4 Å². The number of hydrogen-bond donors (Lipinski definition) is 3. The quantitative estimate of drug-likeness (QED) is 0.0445. The predicted molar refractivity (Wildman–Crippen MR) is 358 cm³/mol. The minimum absolute atomic E-state index is 0. The van der Waals surface area contributed by atoms with Gasteiger partial charge < -0.3 is 88.4 Å². The third kappa shape index (κ3) is 129. The van der Waals surface area contributed by atoms with Crippen LogP contribution >= 0.6 is 0 Å². The second-order valence-electron chi connectivity index (χ2n) is 26.8. The number of halogens is 1. The average molecular weight is 1470 g/mol. The summed E-state index contributed by atoms with van der Waals surface area (Å²) in [4.78, 5) is 80.2. The van der Waals surface area contributed by atoms with E-state index in [1.165, 1.54) is 263 Å². The summed E-state index contributed by atoms with van der Waals surface area (Å²) < 4.78 is 0.466. The van der Waals surface area contributed by atoms with Crippen LogP contribution in [0.2, 0.25) is 0 Å². The van der Waals surface area contributed by atoms with Crippen LogP contribution in [0.25, 0.3) is 0 Å². The number of carboxylic acids is 7. The van der Waals surface area contributed by atoms with Crippen LogP contribution in [0.5, 0.6) is 0 Å². The molecule has 0 rings (SSSR count). The van der Waals surface area contributed by atoms with E-state index in [0.29, 0.717) is 4.38 Å². The van der Waals surface area contributed by atoms with Crippen molar-refractivity contribution in [3.63, 3.8) is 0 Å². The smallest absolute Gasteiger partial charge is 1.00 e. The summed E-state index contributed by atoms with van der Waals surface area (Å²) in [5, 5.41) is 67.7. The maximum atomic E-state index is 10.7. The number of carbonyl (C=O) groups excluding carboxylic acids is 7. The van der Waals surface area contributed by atoms with Crippen molar-refractivity contribution in [2.75, 3.05) is 0 Å². The third-order valence-corrected chi connectivity index (χ3v) is 16.4. The van der Waals surface area contributed by atoms with Crippen molar-refractivity contribution in [2.24, 2.45) is 29.2 Å². The van der Waals surface area contributed by atoms with Gasteiger partial charge in [-0.05, 0) is 56.3 Å². The number of nitrogens with two attached hydrogens (primary N) is 2. The molecule has 0 radical (unpaired) electrons. The van der Waals surface area contributed by atoms with Crippen molar-refractivity contribution in [3.05, 3.63) is 0 Å². The summed E-state index contributed by atoms with van der Waals surface area (Å²) in [6, 6.07) is -2.86. The van der Waals surface area contributed by atoms with E-state index < -0.39 is 66.7 Å². The molecule has 0 aromatic rings. The van der Waals surface area contributed by atoms with Gasteiger partial charge in [0.15, 0.2) is 0 Å². The van der Waals surface area contributed by atoms with E-state index in [4.69, 9.17) is 16.6 Å². The Hall–Kier alpha value is -1.49. The van der Waals surface area contributed by atoms with Gasteiger partial charge in [-0.2, -0.15) is 0 Å². The number of carbonyl (C=O) groups is 8. The fourth-order valence-electron chi connectivity index (χ4n) is 9.94. The summed E-state index contributed by atoms with van der Waals surface area (Å²) in [7, 11) is 0. The van der Waals surface area contributed by atoms with Gasteiger partial charge in [-0.25, -0.2) is 0 Å². The van der Waals surface area contributed by atoms with E-state index in [2.05, 4.69) is 48.5 Å². The van der Waals surface area contributed by atoms with Crippen LogP contribution in [0.1, 0.15) is 395 Å². The van der Waals surface area contributed by atoms with Crippen molar-refractivity contribution in [2.45, 2.75) is 407 Å². The van der Waals surface area contributed by atoms with Gasteiger partial charge in [-0.1, -0.05) is 273 Å². The molecule has 0 aromatic carbocycles. The van der Waals surface area contributed by atoms with Crippen LogP contribution in [-0.2, 0) is 78.4 Å². The second kappa shape index (κ2) is 92.5. The molecular weight excluding hydrogens is 1330 g/mol. The first kappa shape index (κ1) is 112. The first-order chi connectivity index (χ1) is 43.7. The van der Waals surface area contributed by atoms with Crippen LogP contribution in [0, 0.1) is 17.8 Å². The van der Waals surface area contributed by atoms with E-state index >= 15 is 0 Å². The summed E-state index contributed by atoms with van der Waals surface area (Å²) in [5.74, 6) is -5.99. The van der Waals surface area contributed by atoms with E-state index in [1.54, 1.807) is 0 Å². The molecule has 0 aliphatic carbocycles. The molecule has 2 atom stereocenters. The monoisotopic (exact) mass is 1470 g/mol. The van der Waals surface area contributed by atoms with E-state index in [0.717, 1.165) is 87.4 Å². The van der Waals surface area contributed by atoms with Crippen LogP contribution in [0.4, 0.5) is 0 Å². The molecule has 5 N–H and O–H groups in total. The SMILES string of the molecule is CC(C)CCCCCCCCCCCCCCC(=O)[O-].CC(C)CCCCCCCCCCCCCCC(=O)[O-].CC(C)CCCCCCCCCCCCCCC(=O)[O-].CCCCCCCCCCC[C](=O)[Zn+2].N[C@@H](CC(=O)O)C(=O)[O-].N[C@@H](CC(=O)[O-])C(=O)[O-].[Cl-].[Na+].[Ti+4]. The second-order valence-corrected chi connectivity index (χ2v) is 28.4. The van der Waals surface area contributed by atoms with E-state index in [-0.39, 0.29) is 82.9 Å². The Kier molecular flexibility index (Phi) is 109. The van der Waals surface area contributed by atoms with Crippen molar-refractivity contribution < 1.29 is 156 Å². The van der Waals surface area contributed by atoms with Crippen molar-refractivity contribution in [1.29, 1.82) is 0 Å². The molecule has 0 aliphatic heterocycles. The number of aliphatic carboxylic acids is 7. The summed E-state index contributed by atoms with van der Waals surface area (Å²) in [6.45, 7) is 16.1. The van der Waals surface area contributed by atoms with Gasteiger partial charge >= 0.3 is 156 Å². The maximum absolute atomic E-state index is 10.7. The van der Waals surface area contributed by atoms with Crippen molar-refractivity contribution in [1.82, 2.24) is 0 Å². The predicted octanol–water partition coefficient (Wildman–Crippen LogP) is 6.29. The molecule has 549 valence electrons. The Morgan fingerprint density at radius 3 is 0.632 bits per heavy atom. The maximum Gasteiger partial charge on any atom is 4.00 e.